The van der Waals surface area contributed by atoms with Crippen LogP contribution in [0.5, 0.6) is 0 Å². The lowest BCUT2D eigenvalue weighted by Gasteiger charge is -2.35. The number of hydrogen-bond donors (Lipinski definition) is 1. The summed E-state index contributed by atoms with van der Waals surface area (Å²) in [6.07, 6.45) is -2.98. The van der Waals surface area contributed by atoms with Crippen LogP contribution in [-0.4, -0.2) is 51.7 Å². The summed E-state index contributed by atoms with van der Waals surface area (Å²) in [4.78, 5) is 6.69. The van der Waals surface area contributed by atoms with Gasteiger partial charge in [-0.3, -0.25) is 4.40 Å². The van der Waals surface area contributed by atoms with Crippen molar-refractivity contribution in [3.05, 3.63) is 65.6 Å². The number of nitrogens with one attached hydrogen (secondary N) is 1. The molecule has 1 N–H and O–H groups in total. The van der Waals surface area contributed by atoms with Crippen molar-refractivity contribution in [2.45, 2.75) is 25.7 Å². The lowest BCUT2D eigenvalue weighted by molar-refractivity contribution is -0.137. The van der Waals surface area contributed by atoms with Gasteiger partial charge < -0.3 is 15.0 Å². The molecule has 1 aliphatic rings. The highest BCUT2D eigenvalue weighted by atomic mass is 127. The minimum absolute atomic E-state index is 0. The highest BCUT2D eigenvalue weighted by molar-refractivity contribution is 14.0. The second kappa shape index (κ2) is 10.5. The van der Waals surface area contributed by atoms with Crippen LogP contribution in [-0.2, 0) is 17.5 Å². The molecule has 1 aliphatic heterocycles. The number of ether oxygens (including phenoxy) is 1. The number of benzene rings is 1. The minimum atomic E-state index is -4.39. The first-order valence-electron chi connectivity index (χ1n) is 10.1. The van der Waals surface area contributed by atoms with Gasteiger partial charge >= 0.3 is 6.18 Å². The zero-order valence-corrected chi connectivity index (χ0v) is 19.7. The summed E-state index contributed by atoms with van der Waals surface area (Å²) in [5.74, 6) is 1.36. The monoisotopic (exact) mass is 560 g/mol. The molecule has 4 rings (SSSR count). The summed E-state index contributed by atoms with van der Waals surface area (Å²) in [5.41, 5.74) is 0.567. The van der Waals surface area contributed by atoms with Crippen molar-refractivity contribution in [1.82, 2.24) is 24.8 Å². The van der Waals surface area contributed by atoms with Gasteiger partial charge in [0, 0.05) is 19.3 Å². The molecule has 1 aromatic carbocycles. The number of aromatic nitrogens is 3. The summed E-state index contributed by atoms with van der Waals surface area (Å²) < 4.78 is 46.9. The van der Waals surface area contributed by atoms with E-state index in [0.29, 0.717) is 50.1 Å². The largest absolute Gasteiger partial charge is 0.416 e. The fraction of sp³-hybridized carbons (Fsp3) is 0.381. The minimum Gasteiger partial charge on any atom is -0.370 e. The van der Waals surface area contributed by atoms with E-state index in [-0.39, 0.29) is 24.0 Å². The van der Waals surface area contributed by atoms with Crippen LogP contribution in [0.15, 0.2) is 53.7 Å². The van der Waals surface area contributed by atoms with Crippen LogP contribution >= 0.6 is 24.0 Å². The maximum Gasteiger partial charge on any atom is 0.416 e. The Morgan fingerprint density at radius 1 is 1.22 bits per heavy atom. The van der Waals surface area contributed by atoms with E-state index >= 15 is 0 Å². The predicted molar refractivity (Wildman–Crippen MR) is 125 cm³/mol. The maximum absolute atomic E-state index is 13.1. The van der Waals surface area contributed by atoms with Crippen molar-refractivity contribution in [3.8, 4) is 0 Å². The average molecular weight is 560 g/mol. The van der Waals surface area contributed by atoms with Crippen molar-refractivity contribution in [1.29, 1.82) is 0 Å². The Labute approximate surface area is 200 Å². The van der Waals surface area contributed by atoms with Gasteiger partial charge in [-0.1, -0.05) is 18.2 Å². The second-order valence-corrected chi connectivity index (χ2v) is 7.14. The Hall–Kier alpha value is -2.41. The van der Waals surface area contributed by atoms with E-state index < -0.39 is 17.8 Å². The van der Waals surface area contributed by atoms with Crippen molar-refractivity contribution in [2.75, 3.05) is 26.2 Å². The van der Waals surface area contributed by atoms with Crippen LogP contribution in [0.2, 0.25) is 0 Å². The Bertz CT molecular complexity index is 1070. The third-order valence-corrected chi connectivity index (χ3v) is 5.04. The molecule has 1 atom stereocenters. The molecule has 32 heavy (non-hydrogen) atoms. The number of hydrogen-bond acceptors (Lipinski definition) is 4. The van der Waals surface area contributed by atoms with Gasteiger partial charge in [-0.2, -0.15) is 13.2 Å². The van der Waals surface area contributed by atoms with Gasteiger partial charge in [0.15, 0.2) is 17.4 Å². The molecule has 1 unspecified atom stereocenters. The van der Waals surface area contributed by atoms with Crippen molar-refractivity contribution in [2.24, 2.45) is 4.99 Å². The Morgan fingerprint density at radius 3 is 2.84 bits per heavy atom. The molecule has 0 amide bonds. The summed E-state index contributed by atoms with van der Waals surface area (Å²) >= 11 is 0. The van der Waals surface area contributed by atoms with Crippen LogP contribution in [0.4, 0.5) is 13.2 Å². The lowest BCUT2D eigenvalue weighted by Crippen LogP contribution is -2.48. The van der Waals surface area contributed by atoms with Crippen LogP contribution in [0, 0.1) is 0 Å². The zero-order chi connectivity index (χ0) is 21.8. The molecule has 1 fully saturated rings. The summed E-state index contributed by atoms with van der Waals surface area (Å²) in [6, 6.07) is 11.0. The standard InChI is InChI=1S/C21H23F3N6O.HI/c1-2-25-20(26-13-19-28-27-18-8-3-4-9-30(18)19)29-10-11-31-17(14-29)15-6-5-7-16(12-15)21(22,23)24;/h3-9,12,17H,2,10-11,13-14H2,1H3,(H,25,26);1H. The molecule has 3 aromatic rings. The van der Waals surface area contributed by atoms with E-state index in [1.54, 1.807) is 6.07 Å². The zero-order valence-electron chi connectivity index (χ0n) is 17.4. The van der Waals surface area contributed by atoms with Gasteiger partial charge in [-0.05, 0) is 36.8 Å². The van der Waals surface area contributed by atoms with E-state index in [0.717, 1.165) is 17.8 Å². The molecule has 11 heteroatoms. The molecule has 2 aromatic heterocycles. The first kappa shape index (κ1) is 24.2. The maximum atomic E-state index is 13.1. The van der Waals surface area contributed by atoms with Gasteiger partial charge in [0.1, 0.15) is 12.6 Å². The van der Waals surface area contributed by atoms with Crippen molar-refractivity contribution >= 4 is 35.6 Å². The van der Waals surface area contributed by atoms with Gasteiger partial charge in [0.2, 0.25) is 0 Å². The van der Waals surface area contributed by atoms with E-state index in [9.17, 15) is 13.2 Å². The smallest absolute Gasteiger partial charge is 0.370 e. The highest BCUT2D eigenvalue weighted by Gasteiger charge is 2.32. The number of alkyl halides is 3. The van der Waals surface area contributed by atoms with Crippen molar-refractivity contribution in [3.63, 3.8) is 0 Å². The molecule has 0 spiro atoms. The molecule has 0 aliphatic carbocycles. The van der Waals surface area contributed by atoms with E-state index in [1.165, 1.54) is 6.07 Å². The fourth-order valence-corrected chi connectivity index (χ4v) is 3.53. The molecule has 0 saturated carbocycles. The van der Waals surface area contributed by atoms with Crippen LogP contribution in [0.3, 0.4) is 0 Å². The Kier molecular flexibility index (Phi) is 7.93. The van der Waals surface area contributed by atoms with Crippen LogP contribution in [0.1, 0.15) is 30.0 Å². The van der Waals surface area contributed by atoms with Gasteiger partial charge in [-0.25, -0.2) is 4.99 Å². The summed E-state index contributed by atoms with van der Waals surface area (Å²) in [7, 11) is 0. The number of nitrogens with zero attached hydrogens (tertiary/aromatic N) is 5. The van der Waals surface area contributed by atoms with E-state index in [1.807, 2.05) is 40.6 Å². The number of pyridine rings is 1. The number of rotatable bonds is 4. The SMILES string of the molecule is CCNC(=NCc1nnc2ccccn12)N1CCOC(c2cccc(C(F)(F)F)c2)C1.I. The fourth-order valence-electron chi connectivity index (χ4n) is 3.53. The molecule has 172 valence electrons. The third-order valence-electron chi connectivity index (χ3n) is 5.04. The lowest BCUT2D eigenvalue weighted by atomic mass is 10.0. The van der Waals surface area contributed by atoms with Gasteiger partial charge in [0.25, 0.3) is 0 Å². The molecule has 3 heterocycles. The normalized spacial score (nSPS) is 17.3. The Morgan fingerprint density at radius 2 is 2.06 bits per heavy atom. The third kappa shape index (κ3) is 5.49. The first-order valence-corrected chi connectivity index (χ1v) is 10.1. The van der Waals surface area contributed by atoms with Gasteiger partial charge in [-0.15, -0.1) is 34.2 Å². The Balaban J connectivity index is 0.00000289. The number of halogens is 4. The summed E-state index contributed by atoms with van der Waals surface area (Å²) in [5, 5.41) is 11.6. The topological polar surface area (TPSA) is 67.0 Å². The van der Waals surface area contributed by atoms with Gasteiger partial charge in [0.05, 0.1) is 18.7 Å². The molecule has 7 nitrogen and oxygen atoms in total. The van der Waals surface area contributed by atoms with Crippen molar-refractivity contribution < 1.29 is 17.9 Å². The quantitative estimate of drug-likeness (QED) is 0.298. The summed E-state index contributed by atoms with van der Waals surface area (Å²) in [6.45, 7) is 4.31. The number of fused-ring (bicyclic) bond motifs is 1. The highest BCUT2D eigenvalue weighted by Crippen LogP contribution is 2.32. The average Bonchev–Trinajstić information content (AvgIpc) is 3.19. The molecular weight excluding hydrogens is 536 g/mol. The number of guanidine groups is 1. The van der Waals surface area contributed by atoms with E-state index in [4.69, 9.17) is 4.74 Å². The van der Waals surface area contributed by atoms with Crippen LogP contribution < -0.4 is 5.32 Å². The van der Waals surface area contributed by atoms with Crippen LogP contribution in [0.25, 0.3) is 5.65 Å². The second-order valence-electron chi connectivity index (χ2n) is 7.14. The molecule has 0 radical (unpaired) electrons. The predicted octanol–water partition coefficient (Wildman–Crippen LogP) is 3.91. The molecular formula is C21H24F3IN6O. The van der Waals surface area contributed by atoms with E-state index in [2.05, 4.69) is 20.5 Å². The number of morpholine rings is 1. The number of aliphatic imine (C=N–C) groups is 1. The molecule has 1 saturated heterocycles. The first-order chi connectivity index (χ1) is 15.0. The molecule has 0 bridgehead atoms.